The van der Waals surface area contributed by atoms with Crippen LogP contribution in [0, 0.1) is 11.8 Å². The van der Waals surface area contributed by atoms with Crippen molar-refractivity contribution in [3.05, 3.63) is 0 Å². The minimum atomic E-state index is -0.308. The Morgan fingerprint density at radius 2 is 1.18 bits per heavy atom. The van der Waals surface area contributed by atoms with Crippen LogP contribution in [0.5, 0.6) is 0 Å². The number of unbranched alkanes of at least 4 members (excludes halogenated alkanes) is 7. The molecule has 0 bridgehead atoms. The normalized spacial score (nSPS) is 17.2. The molecule has 0 aliphatic rings. The van der Waals surface area contributed by atoms with Crippen molar-refractivity contribution < 1.29 is 5.11 Å². The van der Waals surface area contributed by atoms with E-state index in [1.807, 2.05) is 6.92 Å². The zero-order chi connectivity index (χ0) is 16.8. The molecule has 0 fully saturated rings. The highest BCUT2D eigenvalue weighted by atomic mass is 16.3. The van der Waals surface area contributed by atoms with E-state index in [0.717, 1.165) is 24.7 Å². The molecule has 0 amide bonds. The molecule has 2 heteroatoms. The molecule has 4 unspecified atom stereocenters. The Labute approximate surface area is 140 Å². The molecule has 0 aromatic heterocycles. The second kappa shape index (κ2) is 14.5. The fraction of sp³-hybridized carbons (Fsp3) is 1.00. The second-order valence-corrected chi connectivity index (χ2v) is 7.69. The molecule has 0 aromatic carbocycles. The third-order valence-electron chi connectivity index (χ3n) is 5.06. The van der Waals surface area contributed by atoms with Gasteiger partial charge in [0, 0.05) is 6.04 Å². The van der Waals surface area contributed by atoms with Crippen molar-refractivity contribution in [3.8, 4) is 0 Å². The monoisotopic (exact) mass is 313 g/mol. The van der Waals surface area contributed by atoms with Gasteiger partial charge < -0.3 is 10.8 Å². The molecule has 0 aromatic rings. The summed E-state index contributed by atoms with van der Waals surface area (Å²) in [6.45, 7) is 8.98. The summed E-state index contributed by atoms with van der Waals surface area (Å²) in [4.78, 5) is 0. The zero-order valence-corrected chi connectivity index (χ0v) is 15.8. The van der Waals surface area contributed by atoms with Gasteiger partial charge in [-0.1, -0.05) is 85.0 Å². The first-order valence-electron chi connectivity index (χ1n) is 9.91. The number of aliphatic hydroxyl groups excluding tert-OH is 1. The third kappa shape index (κ3) is 13.6. The summed E-state index contributed by atoms with van der Waals surface area (Å²) in [5.74, 6) is 1.81. The summed E-state index contributed by atoms with van der Waals surface area (Å²) in [5.41, 5.74) is 5.65. The van der Waals surface area contributed by atoms with Gasteiger partial charge in [0.1, 0.15) is 0 Å². The lowest BCUT2D eigenvalue weighted by molar-refractivity contribution is 0.138. The first-order chi connectivity index (χ1) is 10.5. The van der Waals surface area contributed by atoms with E-state index in [2.05, 4.69) is 20.8 Å². The summed E-state index contributed by atoms with van der Waals surface area (Å²) in [6.07, 6.45) is 15.4. The molecule has 0 rings (SSSR count). The van der Waals surface area contributed by atoms with Crippen LogP contribution in [-0.4, -0.2) is 17.3 Å². The van der Waals surface area contributed by atoms with Gasteiger partial charge in [-0.25, -0.2) is 0 Å². The van der Waals surface area contributed by atoms with Crippen molar-refractivity contribution in [2.45, 2.75) is 117 Å². The van der Waals surface area contributed by atoms with E-state index in [1.54, 1.807) is 0 Å². The van der Waals surface area contributed by atoms with E-state index in [4.69, 9.17) is 5.73 Å². The first-order valence-corrected chi connectivity index (χ1v) is 9.91. The fourth-order valence-electron chi connectivity index (χ4n) is 3.14. The number of aliphatic hydroxyl groups is 1. The summed E-state index contributed by atoms with van der Waals surface area (Å²) in [6, 6.07) is -0.0808. The van der Waals surface area contributed by atoms with Crippen molar-refractivity contribution in [3.63, 3.8) is 0 Å². The van der Waals surface area contributed by atoms with Crippen LogP contribution in [0.1, 0.15) is 105 Å². The van der Waals surface area contributed by atoms with Crippen LogP contribution in [0.25, 0.3) is 0 Å². The van der Waals surface area contributed by atoms with Gasteiger partial charge in [0.05, 0.1) is 6.10 Å². The van der Waals surface area contributed by atoms with Gasteiger partial charge in [-0.15, -0.1) is 0 Å². The van der Waals surface area contributed by atoms with Crippen LogP contribution in [0.3, 0.4) is 0 Å². The predicted octanol–water partition coefficient (Wildman–Crippen LogP) is 5.67. The van der Waals surface area contributed by atoms with Gasteiger partial charge in [0.25, 0.3) is 0 Å². The summed E-state index contributed by atoms with van der Waals surface area (Å²) >= 11 is 0. The minimum absolute atomic E-state index is 0.0808. The molecular weight excluding hydrogens is 270 g/mol. The topological polar surface area (TPSA) is 46.2 Å². The van der Waals surface area contributed by atoms with Crippen molar-refractivity contribution in [2.75, 3.05) is 0 Å². The maximum Gasteiger partial charge on any atom is 0.0688 e. The maximum absolute atomic E-state index is 9.62. The van der Waals surface area contributed by atoms with Gasteiger partial charge in [0.2, 0.25) is 0 Å². The number of hydrogen-bond acceptors (Lipinski definition) is 2. The molecule has 0 aliphatic heterocycles. The molecule has 0 saturated heterocycles. The van der Waals surface area contributed by atoms with Gasteiger partial charge in [0.15, 0.2) is 0 Å². The Bertz CT molecular complexity index is 230. The van der Waals surface area contributed by atoms with Gasteiger partial charge in [-0.05, 0) is 31.6 Å². The Kier molecular flexibility index (Phi) is 14.5. The average Bonchev–Trinajstić information content (AvgIpc) is 2.48. The average molecular weight is 314 g/mol. The zero-order valence-electron chi connectivity index (χ0n) is 15.8. The lowest BCUT2D eigenvalue weighted by Crippen LogP contribution is -2.31. The van der Waals surface area contributed by atoms with E-state index in [9.17, 15) is 5.11 Å². The number of nitrogens with two attached hydrogens (primary N) is 1. The Morgan fingerprint density at radius 1 is 0.727 bits per heavy atom. The quantitative estimate of drug-likeness (QED) is 0.383. The van der Waals surface area contributed by atoms with E-state index in [1.165, 1.54) is 64.2 Å². The standard InChI is InChI=1S/C20H43NO/c1-5-17(2)16-18(3)14-12-10-8-6-7-9-11-13-15-20(22)19(4)21/h17-20,22H,5-16,21H2,1-4H3. The lowest BCUT2D eigenvalue weighted by Gasteiger charge is -2.15. The molecule has 0 heterocycles. The van der Waals surface area contributed by atoms with Crippen LogP contribution in [0.4, 0.5) is 0 Å². The molecule has 3 N–H and O–H groups in total. The molecule has 22 heavy (non-hydrogen) atoms. The van der Waals surface area contributed by atoms with E-state index < -0.39 is 0 Å². The molecule has 2 nitrogen and oxygen atoms in total. The first kappa shape index (κ1) is 21.9. The highest BCUT2D eigenvalue weighted by Crippen LogP contribution is 2.20. The molecule has 0 saturated carbocycles. The Balaban J connectivity index is 3.24. The Hall–Kier alpha value is -0.0800. The van der Waals surface area contributed by atoms with E-state index in [-0.39, 0.29) is 12.1 Å². The van der Waals surface area contributed by atoms with Crippen LogP contribution in [-0.2, 0) is 0 Å². The fourth-order valence-corrected chi connectivity index (χ4v) is 3.14. The second-order valence-electron chi connectivity index (χ2n) is 7.69. The summed E-state index contributed by atoms with van der Waals surface area (Å²) < 4.78 is 0. The van der Waals surface area contributed by atoms with E-state index in [0.29, 0.717) is 0 Å². The summed E-state index contributed by atoms with van der Waals surface area (Å²) in [5, 5.41) is 9.62. The van der Waals surface area contributed by atoms with Crippen LogP contribution in [0.2, 0.25) is 0 Å². The molecule has 0 radical (unpaired) electrons. The molecule has 134 valence electrons. The van der Waals surface area contributed by atoms with Crippen molar-refractivity contribution in [1.29, 1.82) is 0 Å². The largest absolute Gasteiger partial charge is 0.392 e. The lowest BCUT2D eigenvalue weighted by atomic mass is 9.91. The Morgan fingerprint density at radius 3 is 1.64 bits per heavy atom. The van der Waals surface area contributed by atoms with Gasteiger partial charge in [-0.3, -0.25) is 0 Å². The highest BCUT2D eigenvalue weighted by Gasteiger charge is 2.08. The van der Waals surface area contributed by atoms with Crippen molar-refractivity contribution >= 4 is 0 Å². The smallest absolute Gasteiger partial charge is 0.0688 e. The van der Waals surface area contributed by atoms with Crippen molar-refractivity contribution in [2.24, 2.45) is 17.6 Å². The third-order valence-corrected chi connectivity index (χ3v) is 5.06. The maximum atomic E-state index is 9.62. The van der Waals surface area contributed by atoms with Crippen LogP contribution >= 0.6 is 0 Å². The molecule has 0 aliphatic carbocycles. The van der Waals surface area contributed by atoms with Gasteiger partial charge >= 0.3 is 0 Å². The van der Waals surface area contributed by atoms with Gasteiger partial charge in [-0.2, -0.15) is 0 Å². The molecule has 0 spiro atoms. The van der Waals surface area contributed by atoms with Crippen LogP contribution < -0.4 is 5.73 Å². The highest BCUT2D eigenvalue weighted by molar-refractivity contribution is 4.65. The number of rotatable bonds is 15. The predicted molar refractivity (Wildman–Crippen MR) is 99.1 cm³/mol. The summed E-state index contributed by atoms with van der Waals surface area (Å²) in [7, 11) is 0. The van der Waals surface area contributed by atoms with Crippen molar-refractivity contribution in [1.82, 2.24) is 0 Å². The molecule has 4 atom stereocenters. The minimum Gasteiger partial charge on any atom is -0.392 e. The molecular formula is C20H43NO. The SMILES string of the molecule is CCC(C)CC(C)CCCCCCCCCCC(O)C(C)N. The number of hydrogen-bond donors (Lipinski definition) is 2. The van der Waals surface area contributed by atoms with Crippen LogP contribution in [0.15, 0.2) is 0 Å². The van der Waals surface area contributed by atoms with E-state index >= 15 is 0 Å².